The summed E-state index contributed by atoms with van der Waals surface area (Å²) in [5.41, 5.74) is 4.66. The van der Waals surface area contributed by atoms with Gasteiger partial charge in [-0.15, -0.1) is 0 Å². The third-order valence-electron chi connectivity index (χ3n) is 0.830. The second-order valence-corrected chi connectivity index (χ2v) is 1.69. The summed E-state index contributed by atoms with van der Waals surface area (Å²) in [7, 11) is 0. The standard InChI is InChI=1S/C6H10N2O3/c7-2-1-3-10-4-5-11-6(8)9/h1,3-5H2,(H2,8,9). The van der Waals surface area contributed by atoms with Gasteiger partial charge in [0.2, 0.25) is 0 Å². The van der Waals surface area contributed by atoms with Gasteiger partial charge in [-0.2, -0.15) is 5.26 Å². The van der Waals surface area contributed by atoms with Gasteiger partial charge in [0.05, 0.1) is 25.7 Å². The zero-order chi connectivity index (χ0) is 8.53. The minimum absolute atomic E-state index is 0.140. The van der Waals surface area contributed by atoms with Gasteiger partial charge in [0.15, 0.2) is 0 Å². The van der Waals surface area contributed by atoms with Crippen molar-refractivity contribution in [3.05, 3.63) is 0 Å². The molecule has 0 bridgehead atoms. The number of primary amides is 1. The maximum absolute atomic E-state index is 9.98. The summed E-state index contributed by atoms with van der Waals surface area (Å²) in [5.74, 6) is 0. The van der Waals surface area contributed by atoms with Crippen molar-refractivity contribution in [2.75, 3.05) is 19.8 Å². The fourth-order valence-electron chi connectivity index (χ4n) is 0.421. The first-order valence-electron chi connectivity index (χ1n) is 3.14. The summed E-state index contributed by atoms with van der Waals surface area (Å²) in [6, 6.07) is 1.91. The number of nitrogens with zero attached hydrogens (tertiary/aromatic N) is 1. The Kier molecular flexibility index (Phi) is 6.04. The highest BCUT2D eigenvalue weighted by Gasteiger charge is 1.92. The molecule has 0 fully saturated rings. The molecule has 0 saturated heterocycles. The molecule has 1 amide bonds. The van der Waals surface area contributed by atoms with Gasteiger partial charge in [-0.25, -0.2) is 4.79 Å². The van der Waals surface area contributed by atoms with Crippen LogP contribution in [0.4, 0.5) is 4.79 Å². The smallest absolute Gasteiger partial charge is 0.404 e. The molecule has 0 aliphatic carbocycles. The number of carbonyl (C=O) groups is 1. The Hall–Kier alpha value is -1.28. The Balaban J connectivity index is 2.92. The molecule has 0 atom stereocenters. The highest BCUT2D eigenvalue weighted by atomic mass is 16.6. The predicted molar refractivity (Wildman–Crippen MR) is 36.6 cm³/mol. The maximum atomic E-state index is 9.98. The van der Waals surface area contributed by atoms with Gasteiger partial charge in [0.25, 0.3) is 0 Å². The fraction of sp³-hybridized carbons (Fsp3) is 0.667. The van der Waals surface area contributed by atoms with E-state index in [0.29, 0.717) is 13.0 Å². The van der Waals surface area contributed by atoms with Crippen molar-refractivity contribution in [1.82, 2.24) is 0 Å². The molecule has 2 N–H and O–H groups in total. The van der Waals surface area contributed by atoms with Crippen LogP contribution in [0.2, 0.25) is 0 Å². The van der Waals surface area contributed by atoms with Crippen LogP contribution in [0.25, 0.3) is 0 Å². The number of ether oxygens (including phenoxy) is 2. The monoisotopic (exact) mass is 158 g/mol. The van der Waals surface area contributed by atoms with Crippen LogP contribution >= 0.6 is 0 Å². The van der Waals surface area contributed by atoms with Crippen molar-refractivity contribution in [3.8, 4) is 6.07 Å². The third-order valence-corrected chi connectivity index (χ3v) is 0.830. The van der Waals surface area contributed by atoms with Gasteiger partial charge >= 0.3 is 6.09 Å². The summed E-state index contributed by atoms with van der Waals surface area (Å²) in [6.07, 6.45) is -0.467. The Morgan fingerprint density at radius 1 is 1.45 bits per heavy atom. The zero-order valence-corrected chi connectivity index (χ0v) is 6.08. The summed E-state index contributed by atoms with van der Waals surface area (Å²) < 4.78 is 9.22. The van der Waals surface area contributed by atoms with Gasteiger partial charge < -0.3 is 15.2 Å². The molecule has 0 aliphatic heterocycles. The van der Waals surface area contributed by atoms with E-state index in [0.717, 1.165) is 0 Å². The molecule has 5 nitrogen and oxygen atoms in total. The van der Waals surface area contributed by atoms with Gasteiger partial charge in [0, 0.05) is 0 Å². The first-order chi connectivity index (χ1) is 5.27. The SMILES string of the molecule is N#CCCOCCOC(N)=O. The van der Waals surface area contributed by atoms with E-state index in [1.807, 2.05) is 6.07 Å². The Bertz CT molecular complexity index is 152. The molecule has 0 saturated carbocycles. The van der Waals surface area contributed by atoms with E-state index in [4.69, 9.17) is 10.00 Å². The lowest BCUT2D eigenvalue weighted by Gasteiger charge is -2.00. The second-order valence-electron chi connectivity index (χ2n) is 1.69. The number of nitrogens with two attached hydrogens (primary N) is 1. The molecular formula is C6H10N2O3. The lowest BCUT2D eigenvalue weighted by atomic mass is 10.5. The number of hydrogen-bond donors (Lipinski definition) is 1. The number of nitriles is 1. The minimum Gasteiger partial charge on any atom is -0.447 e. The van der Waals surface area contributed by atoms with Crippen molar-refractivity contribution in [2.24, 2.45) is 5.73 Å². The Morgan fingerprint density at radius 2 is 2.18 bits per heavy atom. The molecule has 0 rings (SSSR count). The lowest BCUT2D eigenvalue weighted by molar-refractivity contribution is 0.0792. The van der Waals surface area contributed by atoms with Crippen molar-refractivity contribution in [2.45, 2.75) is 6.42 Å². The molecule has 0 aromatic carbocycles. The molecule has 0 aromatic rings. The van der Waals surface area contributed by atoms with E-state index in [1.54, 1.807) is 0 Å². The summed E-state index contributed by atoms with van der Waals surface area (Å²) >= 11 is 0. The first kappa shape index (κ1) is 9.72. The molecule has 11 heavy (non-hydrogen) atoms. The highest BCUT2D eigenvalue weighted by Crippen LogP contribution is 1.81. The van der Waals surface area contributed by atoms with Crippen LogP contribution in [0, 0.1) is 11.3 Å². The Morgan fingerprint density at radius 3 is 2.73 bits per heavy atom. The van der Waals surface area contributed by atoms with E-state index in [2.05, 4.69) is 10.5 Å². The normalized spacial score (nSPS) is 8.64. The van der Waals surface area contributed by atoms with Crippen LogP contribution in [-0.2, 0) is 9.47 Å². The van der Waals surface area contributed by atoms with Crippen molar-refractivity contribution < 1.29 is 14.3 Å². The van der Waals surface area contributed by atoms with E-state index in [-0.39, 0.29) is 13.2 Å². The maximum Gasteiger partial charge on any atom is 0.404 e. The fourth-order valence-corrected chi connectivity index (χ4v) is 0.421. The average Bonchev–Trinajstić information content (AvgIpc) is 1.96. The molecule has 62 valence electrons. The average molecular weight is 158 g/mol. The van der Waals surface area contributed by atoms with Crippen LogP contribution in [0.1, 0.15) is 6.42 Å². The molecule has 0 aromatic heterocycles. The predicted octanol–water partition coefficient (Wildman–Crippen LogP) is 0.0120. The number of amides is 1. The summed E-state index contributed by atoms with van der Waals surface area (Å²) in [6.45, 7) is 0.782. The lowest BCUT2D eigenvalue weighted by Crippen LogP contribution is -2.16. The number of hydrogen-bond acceptors (Lipinski definition) is 4. The molecule has 0 heterocycles. The van der Waals surface area contributed by atoms with Crippen molar-refractivity contribution in [3.63, 3.8) is 0 Å². The molecule has 5 heteroatoms. The minimum atomic E-state index is -0.811. The first-order valence-corrected chi connectivity index (χ1v) is 3.14. The molecule has 0 unspecified atom stereocenters. The topological polar surface area (TPSA) is 85.3 Å². The molecule has 0 spiro atoms. The summed E-state index contributed by atoms with van der Waals surface area (Å²) in [5, 5.41) is 8.08. The number of rotatable bonds is 5. The van der Waals surface area contributed by atoms with Crippen LogP contribution in [0.5, 0.6) is 0 Å². The van der Waals surface area contributed by atoms with E-state index >= 15 is 0 Å². The molecule has 0 radical (unpaired) electrons. The van der Waals surface area contributed by atoms with Crippen molar-refractivity contribution in [1.29, 1.82) is 5.26 Å². The second kappa shape index (κ2) is 6.83. The zero-order valence-electron chi connectivity index (χ0n) is 6.08. The summed E-state index contributed by atoms with van der Waals surface area (Å²) in [4.78, 5) is 9.98. The van der Waals surface area contributed by atoms with E-state index in [9.17, 15) is 4.79 Å². The highest BCUT2D eigenvalue weighted by molar-refractivity contribution is 5.64. The Labute approximate surface area is 64.7 Å². The van der Waals surface area contributed by atoms with Crippen LogP contribution < -0.4 is 5.73 Å². The largest absolute Gasteiger partial charge is 0.447 e. The number of carbonyl (C=O) groups excluding carboxylic acids is 1. The molecule has 0 aliphatic rings. The van der Waals surface area contributed by atoms with Gasteiger partial charge in [-0.1, -0.05) is 0 Å². The van der Waals surface area contributed by atoms with Crippen LogP contribution in [0.15, 0.2) is 0 Å². The third kappa shape index (κ3) is 8.72. The van der Waals surface area contributed by atoms with Crippen LogP contribution in [-0.4, -0.2) is 25.9 Å². The van der Waals surface area contributed by atoms with E-state index < -0.39 is 6.09 Å². The van der Waals surface area contributed by atoms with Gasteiger partial charge in [-0.05, 0) is 0 Å². The van der Waals surface area contributed by atoms with E-state index in [1.165, 1.54) is 0 Å². The van der Waals surface area contributed by atoms with Gasteiger partial charge in [-0.3, -0.25) is 0 Å². The molecular weight excluding hydrogens is 148 g/mol. The van der Waals surface area contributed by atoms with Crippen LogP contribution in [0.3, 0.4) is 0 Å². The quantitative estimate of drug-likeness (QED) is 0.571. The van der Waals surface area contributed by atoms with Gasteiger partial charge in [0.1, 0.15) is 6.61 Å². The van der Waals surface area contributed by atoms with Crippen molar-refractivity contribution >= 4 is 6.09 Å².